The number of benzene rings is 1. The molecule has 0 atom stereocenters. The lowest BCUT2D eigenvalue weighted by Crippen LogP contribution is -2.14. The van der Waals surface area contributed by atoms with E-state index in [1.165, 1.54) is 23.1 Å². The Bertz CT molecular complexity index is 1090. The number of nitrogens with one attached hydrogen (secondary N) is 1. The number of carbonyl (C=O) groups is 1. The van der Waals surface area contributed by atoms with Crippen molar-refractivity contribution in [3.05, 3.63) is 41.4 Å². The summed E-state index contributed by atoms with van der Waals surface area (Å²) in [6.45, 7) is 1.99. The predicted octanol–water partition coefficient (Wildman–Crippen LogP) is 3.39. The van der Waals surface area contributed by atoms with Crippen LogP contribution in [0.15, 0.2) is 41.0 Å². The Hall–Kier alpha value is -2.65. The molecule has 3 heterocycles. The molecule has 0 aliphatic heterocycles. The smallest absolute Gasteiger partial charge is 0.236 e. The summed E-state index contributed by atoms with van der Waals surface area (Å²) in [4.78, 5) is 16.2. The number of methoxy groups -OCH3 is 1. The topological polar surface area (TPSA) is 81.4 Å². The third-order valence-electron chi connectivity index (χ3n) is 3.84. The van der Waals surface area contributed by atoms with Gasteiger partial charge in [0, 0.05) is 17.0 Å². The van der Waals surface area contributed by atoms with Crippen molar-refractivity contribution in [3.8, 4) is 5.75 Å². The fourth-order valence-corrected chi connectivity index (χ4v) is 3.97. The average Bonchev–Trinajstić information content (AvgIpc) is 3.29. The molecule has 0 saturated carbocycles. The van der Waals surface area contributed by atoms with Gasteiger partial charge in [-0.05, 0) is 36.8 Å². The van der Waals surface area contributed by atoms with E-state index in [2.05, 4.69) is 26.6 Å². The minimum atomic E-state index is -0.125. The maximum atomic E-state index is 12.1. The summed E-state index contributed by atoms with van der Waals surface area (Å²) in [5, 5.41) is 15.4. The van der Waals surface area contributed by atoms with Gasteiger partial charge in [-0.15, -0.1) is 21.5 Å². The summed E-state index contributed by atoms with van der Waals surface area (Å²) < 4.78 is 7.29. The molecule has 3 aromatic heterocycles. The van der Waals surface area contributed by atoms with Gasteiger partial charge in [0.25, 0.3) is 0 Å². The van der Waals surface area contributed by atoms with Gasteiger partial charge in [0.1, 0.15) is 5.75 Å². The van der Waals surface area contributed by atoms with E-state index in [4.69, 9.17) is 4.74 Å². The summed E-state index contributed by atoms with van der Waals surface area (Å²) in [7, 11) is 1.65. The highest BCUT2D eigenvalue weighted by molar-refractivity contribution is 7.99. The van der Waals surface area contributed by atoms with Gasteiger partial charge in [-0.1, -0.05) is 11.8 Å². The first-order valence-corrected chi connectivity index (χ1v) is 9.67. The number of rotatable bonds is 5. The molecular formula is C17H15N5O2S2. The van der Waals surface area contributed by atoms with Gasteiger partial charge >= 0.3 is 0 Å². The van der Waals surface area contributed by atoms with E-state index in [9.17, 15) is 4.79 Å². The molecule has 0 bridgehead atoms. The van der Waals surface area contributed by atoms with Crippen LogP contribution >= 0.6 is 23.1 Å². The molecule has 0 aliphatic rings. The highest BCUT2D eigenvalue weighted by Gasteiger charge is 2.14. The van der Waals surface area contributed by atoms with Gasteiger partial charge in [-0.3, -0.25) is 9.20 Å². The zero-order chi connectivity index (χ0) is 18.1. The fourth-order valence-electron chi connectivity index (χ4n) is 2.68. The number of amides is 1. The maximum absolute atomic E-state index is 12.1. The molecular weight excluding hydrogens is 370 g/mol. The number of thiazole rings is 1. The summed E-state index contributed by atoms with van der Waals surface area (Å²) in [5.41, 5.74) is 2.77. The number of carbonyl (C=O) groups excluding carboxylic acids is 1. The van der Waals surface area contributed by atoms with Crippen molar-refractivity contribution in [1.82, 2.24) is 19.6 Å². The van der Waals surface area contributed by atoms with Crippen molar-refractivity contribution in [2.45, 2.75) is 12.1 Å². The molecule has 1 aromatic carbocycles. The van der Waals surface area contributed by atoms with Crippen molar-refractivity contribution >= 4 is 50.7 Å². The van der Waals surface area contributed by atoms with Crippen LogP contribution < -0.4 is 10.1 Å². The predicted molar refractivity (Wildman–Crippen MR) is 103 cm³/mol. The molecule has 0 saturated heterocycles. The van der Waals surface area contributed by atoms with Crippen LogP contribution in [0.2, 0.25) is 0 Å². The van der Waals surface area contributed by atoms with Crippen molar-refractivity contribution in [1.29, 1.82) is 0 Å². The molecule has 1 amide bonds. The van der Waals surface area contributed by atoms with Crippen LogP contribution in [0.4, 0.5) is 5.13 Å². The lowest BCUT2D eigenvalue weighted by atomic mass is 10.1. The van der Waals surface area contributed by atoms with Crippen LogP contribution in [-0.4, -0.2) is 38.4 Å². The normalized spacial score (nSPS) is 11.2. The van der Waals surface area contributed by atoms with Crippen molar-refractivity contribution in [3.63, 3.8) is 0 Å². The molecule has 26 heavy (non-hydrogen) atoms. The van der Waals surface area contributed by atoms with E-state index in [1.54, 1.807) is 13.3 Å². The second-order valence-electron chi connectivity index (χ2n) is 5.57. The molecule has 132 valence electrons. The number of anilines is 1. The van der Waals surface area contributed by atoms with Gasteiger partial charge < -0.3 is 10.1 Å². The Morgan fingerprint density at radius 1 is 1.35 bits per heavy atom. The Morgan fingerprint density at radius 2 is 2.23 bits per heavy atom. The lowest BCUT2D eigenvalue weighted by molar-refractivity contribution is -0.113. The standard InChI is InChI=1S/C17H15N5O2S2/c1-10-7-11-8-12(24-2)3-4-13(11)22-15(10)20-21-17(22)26-9-14(23)19-16-18-5-6-25-16/h3-8H,9H2,1-2H3,(H,18,19,23). The fraction of sp³-hybridized carbons (Fsp3) is 0.176. The van der Waals surface area contributed by atoms with Crippen LogP contribution in [0.5, 0.6) is 5.75 Å². The second-order valence-corrected chi connectivity index (χ2v) is 7.40. The van der Waals surface area contributed by atoms with Gasteiger partial charge in [-0.25, -0.2) is 4.98 Å². The molecule has 9 heteroatoms. The van der Waals surface area contributed by atoms with Gasteiger partial charge in [0.05, 0.1) is 18.4 Å². The molecule has 0 unspecified atom stereocenters. The summed E-state index contributed by atoms with van der Waals surface area (Å²) in [5.74, 6) is 0.896. The Kier molecular flexibility index (Phi) is 4.48. The first-order valence-electron chi connectivity index (χ1n) is 7.80. The van der Waals surface area contributed by atoms with E-state index >= 15 is 0 Å². The van der Waals surface area contributed by atoms with E-state index < -0.39 is 0 Å². The average molecular weight is 385 g/mol. The Labute approximate surface area is 157 Å². The summed E-state index contributed by atoms with van der Waals surface area (Å²) >= 11 is 2.73. The third-order valence-corrected chi connectivity index (χ3v) is 5.46. The number of hydrogen-bond acceptors (Lipinski definition) is 7. The SMILES string of the molecule is COc1ccc2c(c1)cc(C)c1nnc(SCC(=O)Nc3nccs3)n12. The van der Waals surface area contributed by atoms with Gasteiger partial charge in [0.2, 0.25) is 5.91 Å². The quantitative estimate of drug-likeness (QED) is 0.531. The molecule has 0 fully saturated rings. The van der Waals surface area contributed by atoms with E-state index in [0.717, 1.165) is 27.9 Å². The van der Waals surface area contributed by atoms with Crippen molar-refractivity contribution in [2.24, 2.45) is 0 Å². The molecule has 0 aliphatic carbocycles. The molecule has 0 radical (unpaired) electrons. The minimum Gasteiger partial charge on any atom is -0.497 e. The number of ether oxygens (including phenoxy) is 1. The van der Waals surface area contributed by atoms with Crippen LogP contribution in [-0.2, 0) is 4.79 Å². The zero-order valence-corrected chi connectivity index (χ0v) is 15.7. The first kappa shape index (κ1) is 16.8. The van der Waals surface area contributed by atoms with Crippen molar-refractivity contribution < 1.29 is 9.53 Å². The number of aryl methyl sites for hydroxylation is 1. The van der Waals surface area contributed by atoms with Crippen LogP contribution in [0.1, 0.15) is 5.56 Å². The molecule has 1 N–H and O–H groups in total. The number of hydrogen-bond donors (Lipinski definition) is 1. The minimum absolute atomic E-state index is 0.125. The largest absolute Gasteiger partial charge is 0.497 e. The monoisotopic (exact) mass is 385 g/mol. The highest BCUT2D eigenvalue weighted by atomic mass is 32.2. The van der Waals surface area contributed by atoms with Crippen LogP contribution in [0, 0.1) is 6.92 Å². The Morgan fingerprint density at radius 3 is 3.00 bits per heavy atom. The van der Waals surface area contributed by atoms with Crippen LogP contribution in [0.3, 0.4) is 0 Å². The second kappa shape index (κ2) is 6.93. The first-order chi connectivity index (χ1) is 12.7. The number of aromatic nitrogens is 4. The van der Waals surface area contributed by atoms with E-state index in [0.29, 0.717) is 10.3 Å². The maximum Gasteiger partial charge on any atom is 0.236 e. The molecule has 4 rings (SSSR count). The van der Waals surface area contributed by atoms with Crippen LogP contribution in [0.25, 0.3) is 16.6 Å². The van der Waals surface area contributed by atoms with Crippen molar-refractivity contribution in [2.75, 3.05) is 18.2 Å². The molecule has 7 nitrogen and oxygen atoms in total. The van der Waals surface area contributed by atoms with Gasteiger partial charge in [-0.2, -0.15) is 0 Å². The zero-order valence-electron chi connectivity index (χ0n) is 14.1. The van der Waals surface area contributed by atoms with Gasteiger partial charge in [0.15, 0.2) is 15.9 Å². The summed E-state index contributed by atoms with van der Waals surface area (Å²) in [6.07, 6.45) is 1.66. The number of thioether (sulfide) groups is 1. The Balaban J connectivity index is 1.66. The summed E-state index contributed by atoms with van der Waals surface area (Å²) in [6, 6.07) is 7.92. The lowest BCUT2D eigenvalue weighted by Gasteiger charge is -2.08. The van der Waals surface area contributed by atoms with E-state index in [1.807, 2.05) is 34.9 Å². The number of nitrogens with zero attached hydrogens (tertiary/aromatic N) is 4. The molecule has 0 spiro atoms. The number of fused-ring (bicyclic) bond motifs is 3. The molecule has 4 aromatic rings. The number of pyridine rings is 1. The highest BCUT2D eigenvalue weighted by Crippen LogP contribution is 2.28. The van der Waals surface area contributed by atoms with E-state index in [-0.39, 0.29) is 11.7 Å². The third kappa shape index (κ3) is 3.11.